The zero-order chi connectivity index (χ0) is 21.2. The van der Waals surface area contributed by atoms with Gasteiger partial charge in [-0.2, -0.15) is 13.2 Å². The van der Waals surface area contributed by atoms with Crippen molar-refractivity contribution in [2.24, 2.45) is 0 Å². The van der Waals surface area contributed by atoms with Gasteiger partial charge in [-0.05, 0) is 43.2 Å². The maximum atomic E-state index is 12.7. The number of carboxylic acids is 1. The van der Waals surface area contributed by atoms with E-state index >= 15 is 0 Å². The third-order valence-corrected chi connectivity index (χ3v) is 5.50. The van der Waals surface area contributed by atoms with Crippen molar-refractivity contribution in [1.82, 2.24) is 4.98 Å². The van der Waals surface area contributed by atoms with Crippen LogP contribution >= 0.6 is 11.3 Å². The molecule has 4 nitrogen and oxygen atoms in total. The molecule has 1 N–H and O–H groups in total. The third kappa shape index (κ3) is 5.14. The Hall–Kier alpha value is -2.87. The molecule has 0 saturated heterocycles. The Kier molecular flexibility index (Phi) is 5.93. The number of thiazole rings is 1. The Morgan fingerprint density at radius 1 is 1.14 bits per heavy atom. The number of hydrogen-bond donors (Lipinski definition) is 1. The number of aromatic nitrogens is 1. The van der Waals surface area contributed by atoms with Crippen molar-refractivity contribution < 1.29 is 27.8 Å². The fourth-order valence-electron chi connectivity index (χ4n) is 2.72. The van der Waals surface area contributed by atoms with Crippen LogP contribution in [-0.2, 0) is 24.0 Å². The van der Waals surface area contributed by atoms with Gasteiger partial charge in [-0.1, -0.05) is 24.3 Å². The van der Waals surface area contributed by atoms with Crippen molar-refractivity contribution in [3.8, 4) is 16.3 Å². The minimum absolute atomic E-state index is 0.0890. The van der Waals surface area contributed by atoms with E-state index in [4.69, 9.17) is 9.84 Å². The molecular weight excluding hydrogens is 403 g/mol. The second-order valence-electron chi connectivity index (χ2n) is 6.56. The SMILES string of the molecule is Cc1ccc(CC(=O)O)cc1OCc1sc(-c2ccc(C(F)(F)F)cc2)nc1C. The van der Waals surface area contributed by atoms with Crippen molar-refractivity contribution in [3.63, 3.8) is 0 Å². The summed E-state index contributed by atoms with van der Waals surface area (Å²) in [6.45, 7) is 3.92. The van der Waals surface area contributed by atoms with Crippen molar-refractivity contribution in [2.75, 3.05) is 0 Å². The zero-order valence-corrected chi connectivity index (χ0v) is 16.5. The summed E-state index contributed by atoms with van der Waals surface area (Å²) in [5, 5.41) is 9.55. The zero-order valence-electron chi connectivity index (χ0n) is 15.7. The molecule has 1 aromatic heterocycles. The van der Waals surface area contributed by atoms with E-state index in [1.807, 2.05) is 13.8 Å². The molecule has 0 spiro atoms. The van der Waals surface area contributed by atoms with E-state index in [0.29, 0.717) is 21.9 Å². The molecular formula is C21H18F3NO3S. The van der Waals surface area contributed by atoms with Crippen molar-refractivity contribution in [2.45, 2.75) is 33.1 Å². The number of rotatable bonds is 6. The molecule has 0 saturated carbocycles. The number of benzene rings is 2. The number of carboxylic acid groups (broad SMARTS) is 1. The van der Waals surface area contributed by atoms with Gasteiger partial charge in [0.2, 0.25) is 0 Å². The highest BCUT2D eigenvalue weighted by molar-refractivity contribution is 7.15. The molecule has 3 aromatic rings. The van der Waals surface area contributed by atoms with Gasteiger partial charge < -0.3 is 9.84 Å². The Labute approximate surface area is 169 Å². The van der Waals surface area contributed by atoms with E-state index in [1.54, 1.807) is 18.2 Å². The van der Waals surface area contributed by atoms with Gasteiger partial charge in [0.25, 0.3) is 0 Å². The summed E-state index contributed by atoms with van der Waals surface area (Å²) in [5.41, 5.74) is 2.17. The maximum Gasteiger partial charge on any atom is 0.416 e. The summed E-state index contributed by atoms with van der Waals surface area (Å²) in [6, 6.07) is 10.2. The van der Waals surface area contributed by atoms with Crippen LogP contribution in [0, 0.1) is 13.8 Å². The average Bonchev–Trinajstić information content (AvgIpc) is 3.02. The van der Waals surface area contributed by atoms with Gasteiger partial charge in [-0.25, -0.2) is 4.98 Å². The summed E-state index contributed by atoms with van der Waals surface area (Å²) in [4.78, 5) is 16.2. The van der Waals surface area contributed by atoms with Gasteiger partial charge in [0.05, 0.1) is 22.6 Å². The molecule has 0 unspecified atom stereocenters. The Morgan fingerprint density at radius 2 is 1.83 bits per heavy atom. The highest BCUT2D eigenvalue weighted by Crippen LogP contribution is 2.33. The first-order valence-electron chi connectivity index (χ1n) is 8.71. The Bertz CT molecular complexity index is 1030. The number of aliphatic carboxylic acids is 1. The number of hydrogen-bond acceptors (Lipinski definition) is 4. The summed E-state index contributed by atoms with van der Waals surface area (Å²) < 4.78 is 44.0. The van der Waals surface area contributed by atoms with Crippen LogP contribution in [0.4, 0.5) is 13.2 Å². The highest BCUT2D eigenvalue weighted by atomic mass is 32.1. The lowest BCUT2D eigenvalue weighted by Crippen LogP contribution is -2.03. The van der Waals surface area contributed by atoms with Crippen LogP contribution in [0.5, 0.6) is 5.75 Å². The number of carbonyl (C=O) groups is 1. The van der Waals surface area contributed by atoms with Crippen LogP contribution < -0.4 is 4.74 Å². The van der Waals surface area contributed by atoms with E-state index < -0.39 is 17.7 Å². The third-order valence-electron chi connectivity index (χ3n) is 4.32. The van der Waals surface area contributed by atoms with E-state index in [-0.39, 0.29) is 13.0 Å². The minimum atomic E-state index is -4.37. The van der Waals surface area contributed by atoms with Crippen molar-refractivity contribution in [1.29, 1.82) is 0 Å². The molecule has 0 bridgehead atoms. The summed E-state index contributed by atoms with van der Waals surface area (Å²) in [6.07, 6.45) is -4.46. The summed E-state index contributed by atoms with van der Waals surface area (Å²) in [5.74, 6) is -0.327. The monoisotopic (exact) mass is 421 g/mol. The van der Waals surface area contributed by atoms with Gasteiger partial charge >= 0.3 is 12.1 Å². The second kappa shape index (κ2) is 8.24. The second-order valence-corrected chi connectivity index (χ2v) is 7.65. The van der Waals surface area contributed by atoms with Crippen LogP contribution in [0.25, 0.3) is 10.6 Å². The number of nitrogens with zero attached hydrogens (tertiary/aromatic N) is 1. The highest BCUT2D eigenvalue weighted by Gasteiger charge is 2.30. The molecule has 29 heavy (non-hydrogen) atoms. The molecule has 0 aliphatic rings. The van der Waals surface area contributed by atoms with Gasteiger partial charge in [0, 0.05) is 5.56 Å². The molecule has 0 amide bonds. The first-order valence-corrected chi connectivity index (χ1v) is 9.53. The quantitative estimate of drug-likeness (QED) is 0.559. The van der Waals surface area contributed by atoms with E-state index in [0.717, 1.165) is 28.3 Å². The normalized spacial score (nSPS) is 11.5. The van der Waals surface area contributed by atoms with Gasteiger partial charge in [0.1, 0.15) is 17.4 Å². The molecule has 3 rings (SSSR count). The van der Waals surface area contributed by atoms with Crippen LogP contribution in [-0.4, -0.2) is 16.1 Å². The maximum absolute atomic E-state index is 12.7. The van der Waals surface area contributed by atoms with Crippen LogP contribution in [0.15, 0.2) is 42.5 Å². The number of ether oxygens (including phenoxy) is 1. The topological polar surface area (TPSA) is 59.4 Å². The summed E-state index contributed by atoms with van der Waals surface area (Å²) in [7, 11) is 0. The summed E-state index contributed by atoms with van der Waals surface area (Å²) >= 11 is 1.35. The number of alkyl halides is 3. The fourth-order valence-corrected chi connectivity index (χ4v) is 3.70. The van der Waals surface area contributed by atoms with Crippen molar-refractivity contribution >= 4 is 17.3 Å². The van der Waals surface area contributed by atoms with E-state index in [1.165, 1.54) is 23.5 Å². The minimum Gasteiger partial charge on any atom is -0.488 e. The molecule has 1 heterocycles. The Morgan fingerprint density at radius 3 is 2.45 bits per heavy atom. The number of aryl methyl sites for hydroxylation is 2. The molecule has 0 fully saturated rings. The fraction of sp³-hybridized carbons (Fsp3) is 0.238. The first-order chi connectivity index (χ1) is 13.6. The predicted molar refractivity (Wildman–Crippen MR) is 104 cm³/mol. The first kappa shape index (κ1) is 20.9. The lowest BCUT2D eigenvalue weighted by atomic mass is 10.1. The molecule has 0 atom stereocenters. The standard InChI is InChI=1S/C21H18F3NO3S/c1-12-3-4-14(10-19(26)27)9-17(12)28-11-18-13(2)25-20(29-18)15-5-7-16(8-6-15)21(22,23)24/h3-9H,10-11H2,1-2H3,(H,26,27). The molecule has 0 radical (unpaired) electrons. The molecule has 0 aliphatic carbocycles. The van der Waals surface area contributed by atoms with Crippen LogP contribution in [0.1, 0.15) is 27.3 Å². The molecule has 152 valence electrons. The Balaban J connectivity index is 1.75. The van der Waals surface area contributed by atoms with Gasteiger partial charge in [0.15, 0.2) is 0 Å². The van der Waals surface area contributed by atoms with Crippen LogP contribution in [0.2, 0.25) is 0 Å². The molecule has 2 aromatic carbocycles. The largest absolute Gasteiger partial charge is 0.488 e. The molecule has 0 aliphatic heterocycles. The van der Waals surface area contributed by atoms with E-state index in [9.17, 15) is 18.0 Å². The van der Waals surface area contributed by atoms with Crippen molar-refractivity contribution in [3.05, 3.63) is 69.7 Å². The number of halogens is 3. The van der Waals surface area contributed by atoms with Gasteiger partial charge in [-0.3, -0.25) is 4.79 Å². The van der Waals surface area contributed by atoms with Gasteiger partial charge in [-0.15, -0.1) is 11.3 Å². The predicted octanol–water partition coefficient (Wildman–Crippen LogP) is 5.65. The lowest BCUT2D eigenvalue weighted by molar-refractivity contribution is -0.138. The molecule has 8 heteroatoms. The van der Waals surface area contributed by atoms with Crippen LogP contribution in [0.3, 0.4) is 0 Å². The lowest BCUT2D eigenvalue weighted by Gasteiger charge is -2.10. The smallest absolute Gasteiger partial charge is 0.416 e. The van der Waals surface area contributed by atoms with E-state index in [2.05, 4.69) is 4.98 Å². The average molecular weight is 421 g/mol.